The summed E-state index contributed by atoms with van der Waals surface area (Å²) < 4.78 is 5.67. The number of likely N-dealkylation sites (tertiary alicyclic amines) is 1. The van der Waals surface area contributed by atoms with Crippen LogP contribution in [0, 0.1) is 11.8 Å². The maximum absolute atomic E-state index is 9.19. The zero-order chi connectivity index (χ0) is 13.5. The molecule has 4 heteroatoms. The van der Waals surface area contributed by atoms with E-state index in [1.54, 1.807) is 0 Å². The first-order valence-electron chi connectivity index (χ1n) is 7.97. The summed E-state index contributed by atoms with van der Waals surface area (Å²) in [5.41, 5.74) is 0. The number of aliphatic hydroxyl groups is 1. The van der Waals surface area contributed by atoms with Gasteiger partial charge in [-0.2, -0.15) is 0 Å². The monoisotopic (exact) mass is 270 g/mol. The Bertz CT molecular complexity index is 242. The summed E-state index contributed by atoms with van der Waals surface area (Å²) in [6.07, 6.45) is 4.65. The molecule has 19 heavy (non-hydrogen) atoms. The summed E-state index contributed by atoms with van der Waals surface area (Å²) in [7, 11) is 0. The standard InChI is InChI=1S/C15H30N2O2/c1-2-6-16-15-5-9-19-12-14(15)10-17-7-3-13(11-18)4-8-17/h13-16,18H,2-12H2,1H3. The minimum Gasteiger partial charge on any atom is -0.396 e. The van der Waals surface area contributed by atoms with Gasteiger partial charge in [-0.25, -0.2) is 0 Å². The average Bonchev–Trinajstić information content (AvgIpc) is 2.47. The van der Waals surface area contributed by atoms with Crippen molar-refractivity contribution < 1.29 is 9.84 Å². The summed E-state index contributed by atoms with van der Waals surface area (Å²) in [4.78, 5) is 2.56. The fourth-order valence-corrected chi connectivity index (χ4v) is 3.26. The number of aliphatic hydroxyl groups excluding tert-OH is 1. The molecular formula is C15H30N2O2. The molecule has 4 nitrogen and oxygen atoms in total. The van der Waals surface area contributed by atoms with Crippen molar-refractivity contribution in [2.24, 2.45) is 11.8 Å². The Kier molecular flexibility index (Phi) is 6.57. The van der Waals surface area contributed by atoms with Gasteiger partial charge in [0.05, 0.1) is 6.61 Å². The van der Waals surface area contributed by atoms with Gasteiger partial charge in [-0.15, -0.1) is 0 Å². The van der Waals surface area contributed by atoms with Crippen LogP contribution in [0.4, 0.5) is 0 Å². The number of nitrogens with one attached hydrogen (secondary N) is 1. The highest BCUT2D eigenvalue weighted by Gasteiger charge is 2.28. The first-order valence-corrected chi connectivity index (χ1v) is 7.97. The molecule has 2 unspecified atom stereocenters. The number of ether oxygens (including phenoxy) is 1. The quantitative estimate of drug-likeness (QED) is 0.758. The Morgan fingerprint density at radius 2 is 2.05 bits per heavy atom. The number of piperidine rings is 1. The molecule has 2 heterocycles. The number of hydrogen-bond acceptors (Lipinski definition) is 4. The minimum absolute atomic E-state index is 0.362. The molecule has 2 fully saturated rings. The molecule has 2 atom stereocenters. The van der Waals surface area contributed by atoms with Crippen LogP contribution in [0.25, 0.3) is 0 Å². The number of hydrogen-bond donors (Lipinski definition) is 2. The third-order valence-electron chi connectivity index (χ3n) is 4.59. The Hall–Kier alpha value is -0.160. The summed E-state index contributed by atoms with van der Waals surface area (Å²) in [5.74, 6) is 1.17. The molecule has 0 spiro atoms. The normalized spacial score (nSPS) is 30.6. The lowest BCUT2D eigenvalue weighted by molar-refractivity contribution is 0.00997. The fraction of sp³-hybridized carbons (Fsp3) is 1.00. The molecule has 2 saturated heterocycles. The molecule has 0 amide bonds. The van der Waals surface area contributed by atoms with Crippen LogP contribution in [0.2, 0.25) is 0 Å². The summed E-state index contributed by atoms with van der Waals surface area (Å²) in [5, 5.41) is 12.9. The molecular weight excluding hydrogens is 240 g/mol. The predicted octanol–water partition coefficient (Wildman–Crippen LogP) is 1.10. The average molecular weight is 270 g/mol. The van der Waals surface area contributed by atoms with Gasteiger partial charge >= 0.3 is 0 Å². The summed E-state index contributed by atoms with van der Waals surface area (Å²) >= 11 is 0. The van der Waals surface area contributed by atoms with E-state index in [1.165, 1.54) is 6.42 Å². The second kappa shape index (κ2) is 8.20. The Morgan fingerprint density at radius 3 is 2.74 bits per heavy atom. The van der Waals surface area contributed by atoms with E-state index in [2.05, 4.69) is 17.1 Å². The second-order valence-corrected chi connectivity index (χ2v) is 6.11. The second-order valence-electron chi connectivity index (χ2n) is 6.11. The predicted molar refractivity (Wildman–Crippen MR) is 77.3 cm³/mol. The maximum Gasteiger partial charge on any atom is 0.0521 e. The van der Waals surface area contributed by atoms with Gasteiger partial charge in [0.25, 0.3) is 0 Å². The van der Waals surface area contributed by atoms with Gasteiger partial charge in [-0.3, -0.25) is 0 Å². The van der Waals surface area contributed by atoms with E-state index >= 15 is 0 Å². The molecule has 2 N–H and O–H groups in total. The molecule has 2 rings (SSSR count). The Morgan fingerprint density at radius 1 is 1.26 bits per heavy atom. The Labute approximate surface area is 117 Å². The third-order valence-corrected chi connectivity index (χ3v) is 4.59. The highest BCUT2D eigenvalue weighted by Crippen LogP contribution is 2.21. The van der Waals surface area contributed by atoms with Crippen LogP contribution in [0.15, 0.2) is 0 Å². The van der Waals surface area contributed by atoms with Crippen LogP contribution in [0.1, 0.15) is 32.6 Å². The van der Waals surface area contributed by atoms with Crippen molar-refractivity contribution in [1.29, 1.82) is 0 Å². The van der Waals surface area contributed by atoms with E-state index in [9.17, 15) is 5.11 Å². The first-order chi connectivity index (χ1) is 9.33. The molecule has 2 aliphatic heterocycles. The molecule has 2 aliphatic rings. The van der Waals surface area contributed by atoms with E-state index < -0.39 is 0 Å². The summed E-state index contributed by atoms with van der Waals surface area (Å²) in [6.45, 7) is 8.95. The molecule has 0 aliphatic carbocycles. The van der Waals surface area contributed by atoms with Crippen molar-refractivity contribution >= 4 is 0 Å². The maximum atomic E-state index is 9.19. The van der Waals surface area contributed by atoms with Gasteiger partial charge in [-0.05, 0) is 51.2 Å². The van der Waals surface area contributed by atoms with Gasteiger partial charge in [0.15, 0.2) is 0 Å². The van der Waals surface area contributed by atoms with Gasteiger partial charge in [0, 0.05) is 31.7 Å². The molecule has 0 radical (unpaired) electrons. The zero-order valence-electron chi connectivity index (χ0n) is 12.3. The Balaban J connectivity index is 1.76. The van der Waals surface area contributed by atoms with Crippen molar-refractivity contribution in [1.82, 2.24) is 10.2 Å². The molecule has 0 aromatic carbocycles. The van der Waals surface area contributed by atoms with Crippen LogP contribution in [-0.2, 0) is 4.74 Å². The van der Waals surface area contributed by atoms with Gasteiger partial charge in [0.1, 0.15) is 0 Å². The van der Waals surface area contributed by atoms with Crippen LogP contribution < -0.4 is 5.32 Å². The van der Waals surface area contributed by atoms with Gasteiger partial charge < -0.3 is 20.1 Å². The highest BCUT2D eigenvalue weighted by atomic mass is 16.5. The SMILES string of the molecule is CCCNC1CCOCC1CN1CCC(CO)CC1. The lowest BCUT2D eigenvalue weighted by Gasteiger charge is -2.38. The minimum atomic E-state index is 0.362. The highest BCUT2D eigenvalue weighted by molar-refractivity contribution is 4.83. The summed E-state index contributed by atoms with van der Waals surface area (Å²) in [6, 6.07) is 0.629. The molecule has 0 aromatic heterocycles. The third kappa shape index (κ3) is 4.71. The zero-order valence-corrected chi connectivity index (χ0v) is 12.3. The van der Waals surface area contributed by atoms with E-state index in [4.69, 9.17) is 4.74 Å². The lowest BCUT2D eigenvalue weighted by atomic mass is 9.92. The van der Waals surface area contributed by atoms with Crippen molar-refractivity contribution in [3.8, 4) is 0 Å². The van der Waals surface area contributed by atoms with Crippen LogP contribution in [0.5, 0.6) is 0 Å². The first kappa shape index (κ1) is 15.2. The molecule has 112 valence electrons. The van der Waals surface area contributed by atoms with E-state index in [0.717, 1.165) is 58.7 Å². The molecule has 0 bridgehead atoms. The van der Waals surface area contributed by atoms with E-state index in [-0.39, 0.29) is 0 Å². The largest absolute Gasteiger partial charge is 0.396 e. The van der Waals surface area contributed by atoms with Crippen molar-refractivity contribution in [3.05, 3.63) is 0 Å². The fourth-order valence-electron chi connectivity index (χ4n) is 3.26. The van der Waals surface area contributed by atoms with Crippen molar-refractivity contribution in [3.63, 3.8) is 0 Å². The topological polar surface area (TPSA) is 44.7 Å². The number of rotatable bonds is 6. The van der Waals surface area contributed by atoms with E-state index in [0.29, 0.717) is 24.5 Å². The van der Waals surface area contributed by atoms with Crippen LogP contribution in [0.3, 0.4) is 0 Å². The molecule has 0 saturated carbocycles. The van der Waals surface area contributed by atoms with Crippen LogP contribution >= 0.6 is 0 Å². The van der Waals surface area contributed by atoms with E-state index in [1.807, 2.05) is 0 Å². The molecule has 0 aromatic rings. The smallest absolute Gasteiger partial charge is 0.0521 e. The van der Waals surface area contributed by atoms with Crippen molar-refractivity contribution in [2.45, 2.75) is 38.6 Å². The van der Waals surface area contributed by atoms with Crippen LogP contribution in [-0.4, -0.2) is 62.0 Å². The van der Waals surface area contributed by atoms with Crippen molar-refractivity contribution in [2.75, 3.05) is 46.0 Å². The lowest BCUT2D eigenvalue weighted by Crippen LogP contribution is -2.49. The van der Waals surface area contributed by atoms with Gasteiger partial charge in [-0.1, -0.05) is 6.92 Å². The van der Waals surface area contributed by atoms with Gasteiger partial charge in [0.2, 0.25) is 0 Å². The number of nitrogens with zero attached hydrogens (tertiary/aromatic N) is 1.